The van der Waals surface area contributed by atoms with Crippen molar-refractivity contribution >= 4 is 23.7 Å². The van der Waals surface area contributed by atoms with Crippen molar-refractivity contribution in [3.05, 3.63) is 54.0 Å². The van der Waals surface area contributed by atoms with Crippen LogP contribution in [0.3, 0.4) is 0 Å². The summed E-state index contributed by atoms with van der Waals surface area (Å²) in [5, 5.41) is 5.25. The first kappa shape index (κ1) is 20.0. The maximum Gasteiger partial charge on any atom is 0.373 e. The second-order valence-electron chi connectivity index (χ2n) is 6.05. The predicted molar refractivity (Wildman–Crippen MR) is 97.1 cm³/mol. The number of hydrogen-bond donors (Lipinski definition) is 2. The van der Waals surface area contributed by atoms with Gasteiger partial charge in [0.05, 0.1) is 7.11 Å². The fourth-order valence-corrected chi connectivity index (χ4v) is 2.23. The highest BCUT2D eigenvalue weighted by Crippen LogP contribution is 2.12. The lowest BCUT2D eigenvalue weighted by Crippen LogP contribution is -2.47. The van der Waals surface area contributed by atoms with E-state index in [4.69, 9.17) is 9.15 Å². The normalized spacial score (nSPS) is 11.6. The van der Waals surface area contributed by atoms with Gasteiger partial charge in [0.2, 0.25) is 5.76 Å². The lowest BCUT2D eigenvalue weighted by Gasteiger charge is -2.20. The molecule has 2 aromatic rings. The van der Waals surface area contributed by atoms with E-state index in [9.17, 15) is 14.4 Å². The molecular weight excluding hydrogens is 352 g/mol. The molecule has 1 heterocycles. The zero-order valence-electron chi connectivity index (χ0n) is 15.4. The number of benzene rings is 1. The molecule has 0 spiro atoms. The largest absolute Gasteiger partial charge is 0.463 e. The number of hydrogen-bond acceptors (Lipinski definition) is 6. The average Bonchev–Trinajstić information content (AvgIpc) is 3.13. The fraction of sp³-hybridized carbons (Fsp3) is 0.316. The quantitative estimate of drug-likeness (QED) is 0.722. The Hall–Kier alpha value is -3.29. The number of urea groups is 1. The van der Waals surface area contributed by atoms with Gasteiger partial charge >= 0.3 is 18.0 Å². The van der Waals surface area contributed by atoms with Crippen molar-refractivity contribution in [1.29, 1.82) is 0 Å². The van der Waals surface area contributed by atoms with Gasteiger partial charge in [0, 0.05) is 5.69 Å². The number of rotatable bonds is 7. The number of carbonyl (C=O) groups is 3. The number of para-hydroxylation sites is 1. The van der Waals surface area contributed by atoms with Crippen molar-refractivity contribution in [3.8, 4) is 0 Å². The van der Waals surface area contributed by atoms with E-state index in [1.165, 1.54) is 19.2 Å². The second kappa shape index (κ2) is 9.42. The number of amides is 2. The second-order valence-corrected chi connectivity index (χ2v) is 6.05. The molecule has 8 heteroatoms. The molecule has 2 N–H and O–H groups in total. The van der Waals surface area contributed by atoms with Crippen LogP contribution in [0.25, 0.3) is 0 Å². The highest BCUT2D eigenvalue weighted by Gasteiger charge is 2.26. The van der Waals surface area contributed by atoms with E-state index >= 15 is 0 Å². The summed E-state index contributed by atoms with van der Waals surface area (Å²) in [6.45, 7) is 3.41. The molecule has 0 saturated carbocycles. The van der Waals surface area contributed by atoms with Gasteiger partial charge in [-0.25, -0.2) is 14.4 Å². The predicted octanol–water partition coefficient (Wildman–Crippen LogP) is 2.96. The summed E-state index contributed by atoms with van der Waals surface area (Å²) < 4.78 is 15.0. The maximum atomic E-state index is 12.3. The molecule has 0 bridgehead atoms. The molecule has 0 saturated heterocycles. The molecule has 27 heavy (non-hydrogen) atoms. The maximum absolute atomic E-state index is 12.3. The Morgan fingerprint density at radius 3 is 2.41 bits per heavy atom. The van der Waals surface area contributed by atoms with Crippen LogP contribution in [0.1, 0.15) is 30.2 Å². The van der Waals surface area contributed by atoms with Crippen LogP contribution in [0.15, 0.2) is 46.9 Å². The first-order valence-electron chi connectivity index (χ1n) is 8.37. The van der Waals surface area contributed by atoms with E-state index in [2.05, 4.69) is 15.4 Å². The third-order valence-electron chi connectivity index (χ3n) is 3.64. The van der Waals surface area contributed by atoms with Crippen LogP contribution in [0.4, 0.5) is 10.5 Å². The SMILES string of the molecule is COC(=O)c1ccc(COC(=O)[C@H](NC(=O)Nc2ccccc2)C(C)C)o1. The Labute approximate surface area is 156 Å². The van der Waals surface area contributed by atoms with Gasteiger partial charge in [-0.3, -0.25) is 0 Å². The van der Waals surface area contributed by atoms with Crippen molar-refractivity contribution in [1.82, 2.24) is 5.32 Å². The van der Waals surface area contributed by atoms with Gasteiger partial charge in [-0.2, -0.15) is 0 Å². The van der Waals surface area contributed by atoms with E-state index in [1.54, 1.807) is 38.1 Å². The minimum Gasteiger partial charge on any atom is -0.463 e. The van der Waals surface area contributed by atoms with Crippen LogP contribution in [-0.4, -0.2) is 31.1 Å². The zero-order chi connectivity index (χ0) is 19.8. The van der Waals surface area contributed by atoms with E-state index in [-0.39, 0.29) is 18.3 Å². The first-order valence-corrected chi connectivity index (χ1v) is 8.37. The minimum absolute atomic E-state index is 0.0179. The highest BCUT2D eigenvalue weighted by atomic mass is 16.6. The zero-order valence-corrected chi connectivity index (χ0v) is 15.4. The van der Waals surface area contributed by atoms with Crippen molar-refractivity contribution < 1.29 is 28.3 Å². The van der Waals surface area contributed by atoms with E-state index in [1.807, 2.05) is 6.07 Å². The summed E-state index contributed by atoms with van der Waals surface area (Å²) in [5.74, 6) is -1.11. The van der Waals surface area contributed by atoms with Crippen LogP contribution >= 0.6 is 0 Å². The molecule has 144 valence electrons. The Balaban J connectivity index is 1.91. The van der Waals surface area contributed by atoms with E-state index < -0.39 is 24.0 Å². The Morgan fingerprint density at radius 2 is 1.78 bits per heavy atom. The molecule has 8 nitrogen and oxygen atoms in total. The van der Waals surface area contributed by atoms with Crippen LogP contribution in [0, 0.1) is 5.92 Å². The third-order valence-corrected chi connectivity index (χ3v) is 3.64. The van der Waals surface area contributed by atoms with Gasteiger partial charge in [-0.05, 0) is 30.2 Å². The summed E-state index contributed by atoms with van der Waals surface area (Å²) in [4.78, 5) is 35.8. The molecule has 1 aromatic carbocycles. The van der Waals surface area contributed by atoms with Crippen molar-refractivity contribution in [2.45, 2.75) is 26.5 Å². The van der Waals surface area contributed by atoms with Crippen LogP contribution in [0.5, 0.6) is 0 Å². The minimum atomic E-state index is -0.844. The van der Waals surface area contributed by atoms with Crippen LogP contribution < -0.4 is 10.6 Å². The molecule has 0 aliphatic rings. The van der Waals surface area contributed by atoms with Gasteiger partial charge in [0.1, 0.15) is 18.4 Å². The monoisotopic (exact) mass is 374 g/mol. The number of carbonyl (C=O) groups excluding carboxylic acids is 3. The number of furan rings is 1. The number of ether oxygens (including phenoxy) is 2. The Kier molecular flexibility index (Phi) is 6.99. The molecule has 0 aliphatic carbocycles. The van der Waals surface area contributed by atoms with Crippen molar-refractivity contribution in [2.24, 2.45) is 5.92 Å². The molecule has 1 aromatic heterocycles. The molecule has 0 aliphatic heterocycles. The van der Waals surface area contributed by atoms with E-state index in [0.29, 0.717) is 11.4 Å². The topological polar surface area (TPSA) is 107 Å². The summed E-state index contributed by atoms with van der Waals surface area (Å²) in [6, 6.07) is 10.5. The molecule has 2 amide bonds. The molecule has 2 rings (SSSR count). The molecule has 0 unspecified atom stereocenters. The van der Waals surface area contributed by atoms with Gasteiger partial charge < -0.3 is 24.5 Å². The van der Waals surface area contributed by atoms with Crippen molar-refractivity contribution in [3.63, 3.8) is 0 Å². The third kappa shape index (κ3) is 5.88. The Bertz CT molecular complexity index is 785. The molecule has 0 radical (unpaired) electrons. The highest BCUT2D eigenvalue weighted by molar-refractivity contribution is 5.92. The van der Waals surface area contributed by atoms with Crippen molar-refractivity contribution in [2.75, 3.05) is 12.4 Å². The number of methoxy groups -OCH3 is 1. The molecule has 1 atom stereocenters. The lowest BCUT2D eigenvalue weighted by molar-refractivity contribution is -0.148. The molecular formula is C19H22N2O6. The number of esters is 2. The fourth-order valence-electron chi connectivity index (χ4n) is 2.23. The summed E-state index contributed by atoms with van der Waals surface area (Å²) >= 11 is 0. The van der Waals surface area contributed by atoms with Gasteiger partial charge in [0.25, 0.3) is 0 Å². The smallest absolute Gasteiger partial charge is 0.373 e. The van der Waals surface area contributed by atoms with Gasteiger partial charge in [0.15, 0.2) is 0 Å². The summed E-state index contributed by atoms with van der Waals surface area (Å²) in [7, 11) is 1.24. The molecule has 0 fully saturated rings. The number of nitrogens with one attached hydrogen (secondary N) is 2. The standard InChI is InChI=1S/C19H22N2O6/c1-12(2)16(21-19(24)20-13-7-5-4-6-8-13)18(23)26-11-14-9-10-15(27-14)17(22)25-3/h4-10,12,16H,11H2,1-3H3,(H2,20,21,24)/t16-/m1/s1. The van der Waals surface area contributed by atoms with Gasteiger partial charge in [-0.1, -0.05) is 32.0 Å². The first-order chi connectivity index (χ1) is 12.9. The average molecular weight is 374 g/mol. The summed E-state index contributed by atoms with van der Waals surface area (Å²) in [5.41, 5.74) is 0.608. The lowest BCUT2D eigenvalue weighted by atomic mass is 10.1. The van der Waals surface area contributed by atoms with Crippen LogP contribution in [-0.2, 0) is 20.9 Å². The van der Waals surface area contributed by atoms with Gasteiger partial charge in [-0.15, -0.1) is 0 Å². The van der Waals surface area contributed by atoms with E-state index in [0.717, 1.165) is 0 Å². The summed E-state index contributed by atoms with van der Waals surface area (Å²) in [6.07, 6.45) is 0. The van der Waals surface area contributed by atoms with Crippen LogP contribution in [0.2, 0.25) is 0 Å². The number of anilines is 1. The Morgan fingerprint density at radius 1 is 1.07 bits per heavy atom.